The van der Waals surface area contributed by atoms with E-state index >= 15 is 0 Å². The average molecular weight is 280 g/mol. The summed E-state index contributed by atoms with van der Waals surface area (Å²) < 4.78 is 2.78. The first-order valence-corrected chi connectivity index (χ1v) is 5.54. The Hall–Kier alpha value is -1.62. The molecule has 5 heteroatoms. The molecule has 0 atom stereocenters. The Morgan fingerprint density at radius 2 is 2.38 bits per heavy atom. The van der Waals surface area contributed by atoms with Gasteiger partial charge in [0.1, 0.15) is 0 Å². The largest absolute Gasteiger partial charge is 0.329 e. The van der Waals surface area contributed by atoms with E-state index in [0.717, 1.165) is 15.7 Å². The van der Waals surface area contributed by atoms with Crippen LogP contribution in [0.2, 0.25) is 0 Å². The number of nitrogens with zero attached hydrogens (tertiary/aromatic N) is 2. The molecule has 1 N–H and O–H groups in total. The lowest BCUT2D eigenvalue weighted by Crippen LogP contribution is -2.01. The highest BCUT2D eigenvalue weighted by atomic mass is 79.9. The van der Waals surface area contributed by atoms with E-state index in [1.165, 1.54) is 0 Å². The van der Waals surface area contributed by atoms with Crippen molar-refractivity contribution < 1.29 is 4.79 Å². The van der Waals surface area contributed by atoms with Gasteiger partial charge in [-0.15, -0.1) is 0 Å². The number of hydrogen-bond donors (Lipinski definition) is 1. The fourth-order valence-corrected chi connectivity index (χ4v) is 1.77. The topological polar surface area (TPSA) is 46.9 Å². The Morgan fingerprint density at radius 3 is 3.06 bits per heavy atom. The van der Waals surface area contributed by atoms with E-state index in [-0.39, 0.29) is 0 Å². The number of nitrogens with one attached hydrogen (secondary N) is 1. The number of amides is 1. The van der Waals surface area contributed by atoms with Crippen LogP contribution < -0.4 is 5.32 Å². The van der Waals surface area contributed by atoms with Gasteiger partial charge in [0.2, 0.25) is 6.41 Å². The lowest BCUT2D eigenvalue weighted by molar-refractivity contribution is -0.105. The molecule has 0 radical (unpaired) electrons. The molecule has 0 aliphatic carbocycles. The van der Waals surface area contributed by atoms with Gasteiger partial charge in [-0.1, -0.05) is 12.1 Å². The second-order valence-electron chi connectivity index (χ2n) is 3.32. The third-order valence-electron chi connectivity index (χ3n) is 2.10. The molecule has 1 aromatic carbocycles. The van der Waals surface area contributed by atoms with Gasteiger partial charge in [0.15, 0.2) is 0 Å². The number of rotatable bonds is 4. The highest BCUT2D eigenvalue weighted by Gasteiger charge is 1.98. The van der Waals surface area contributed by atoms with Crippen molar-refractivity contribution in [3.63, 3.8) is 0 Å². The summed E-state index contributed by atoms with van der Waals surface area (Å²) in [6.07, 6.45) is 4.32. The van der Waals surface area contributed by atoms with Crippen molar-refractivity contribution in [2.45, 2.75) is 6.54 Å². The summed E-state index contributed by atoms with van der Waals surface area (Å²) in [6, 6.07) is 7.66. The standard InChI is InChI=1S/C11H10BrN3O/c12-10-5-14-15(7-10)6-9-2-1-3-11(4-9)13-8-16/h1-5,7-8H,6H2,(H,13,16). The minimum atomic E-state index is 0.670. The number of hydrogen-bond acceptors (Lipinski definition) is 2. The number of anilines is 1. The van der Waals surface area contributed by atoms with Crippen LogP contribution in [0.15, 0.2) is 41.1 Å². The Bertz CT molecular complexity index is 495. The quantitative estimate of drug-likeness (QED) is 0.873. The first-order chi connectivity index (χ1) is 7.78. The molecule has 0 bridgehead atoms. The Kier molecular flexibility index (Phi) is 3.36. The molecular formula is C11H10BrN3O. The molecule has 0 saturated heterocycles. The van der Waals surface area contributed by atoms with E-state index in [9.17, 15) is 4.79 Å². The van der Waals surface area contributed by atoms with E-state index in [4.69, 9.17) is 0 Å². The summed E-state index contributed by atoms with van der Waals surface area (Å²) in [5.41, 5.74) is 1.88. The molecule has 0 unspecified atom stereocenters. The highest BCUT2D eigenvalue weighted by molar-refractivity contribution is 9.10. The van der Waals surface area contributed by atoms with Gasteiger partial charge >= 0.3 is 0 Å². The van der Waals surface area contributed by atoms with Crippen LogP contribution in [0, 0.1) is 0 Å². The SMILES string of the molecule is O=CNc1cccc(Cn2cc(Br)cn2)c1. The van der Waals surface area contributed by atoms with E-state index in [2.05, 4.69) is 26.3 Å². The van der Waals surface area contributed by atoms with E-state index in [1.807, 2.05) is 35.1 Å². The Balaban J connectivity index is 2.14. The lowest BCUT2D eigenvalue weighted by atomic mass is 10.2. The van der Waals surface area contributed by atoms with Crippen molar-refractivity contribution in [3.8, 4) is 0 Å². The van der Waals surface area contributed by atoms with E-state index < -0.39 is 0 Å². The minimum absolute atomic E-state index is 0.670. The molecule has 2 rings (SSSR count). The molecule has 0 fully saturated rings. The van der Waals surface area contributed by atoms with E-state index in [0.29, 0.717) is 13.0 Å². The molecule has 2 aromatic rings. The summed E-state index contributed by atoms with van der Waals surface area (Å²) in [5, 5.41) is 6.79. The minimum Gasteiger partial charge on any atom is -0.329 e. The summed E-state index contributed by atoms with van der Waals surface area (Å²) in [4.78, 5) is 10.3. The molecule has 82 valence electrons. The highest BCUT2D eigenvalue weighted by Crippen LogP contribution is 2.12. The Morgan fingerprint density at radius 1 is 1.50 bits per heavy atom. The molecule has 4 nitrogen and oxygen atoms in total. The van der Waals surface area contributed by atoms with Gasteiger partial charge in [-0.2, -0.15) is 5.10 Å². The predicted molar refractivity (Wildman–Crippen MR) is 65.2 cm³/mol. The predicted octanol–water partition coefficient (Wildman–Crippen LogP) is 2.26. The second-order valence-corrected chi connectivity index (χ2v) is 4.23. The summed E-state index contributed by atoms with van der Waals surface area (Å²) in [6.45, 7) is 0.681. The van der Waals surface area contributed by atoms with Crippen LogP contribution in [0.3, 0.4) is 0 Å². The third-order valence-corrected chi connectivity index (χ3v) is 2.51. The van der Waals surface area contributed by atoms with Crippen molar-refractivity contribution in [2.75, 3.05) is 5.32 Å². The average Bonchev–Trinajstić information content (AvgIpc) is 2.65. The van der Waals surface area contributed by atoms with Crippen LogP contribution in [0.1, 0.15) is 5.56 Å². The van der Waals surface area contributed by atoms with Gasteiger partial charge < -0.3 is 5.32 Å². The van der Waals surface area contributed by atoms with Crippen LogP contribution in [0.4, 0.5) is 5.69 Å². The van der Waals surface area contributed by atoms with E-state index in [1.54, 1.807) is 6.20 Å². The Labute approximate surface area is 101 Å². The maximum Gasteiger partial charge on any atom is 0.211 e. The van der Waals surface area contributed by atoms with Gasteiger partial charge in [-0.3, -0.25) is 9.48 Å². The number of carbonyl (C=O) groups excluding carboxylic acids is 1. The van der Waals surface area contributed by atoms with Crippen molar-refractivity contribution in [3.05, 3.63) is 46.7 Å². The fraction of sp³-hybridized carbons (Fsp3) is 0.0909. The van der Waals surface area contributed by atoms with Gasteiger partial charge in [-0.05, 0) is 33.6 Å². The van der Waals surface area contributed by atoms with Crippen molar-refractivity contribution in [1.29, 1.82) is 0 Å². The van der Waals surface area contributed by atoms with Crippen LogP contribution in [0.25, 0.3) is 0 Å². The molecule has 1 amide bonds. The normalized spacial score (nSPS) is 10.1. The van der Waals surface area contributed by atoms with Crippen LogP contribution in [-0.4, -0.2) is 16.2 Å². The number of aromatic nitrogens is 2. The second kappa shape index (κ2) is 4.94. The van der Waals surface area contributed by atoms with Gasteiger partial charge in [0.05, 0.1) is 17.2 Å². The number of benzene rings is 1. The van der Waals surface area contributed by atoms with Gasteiger partial charge in [0.25, 0.3) is 0 Å². The molecule has 0 aliphatic rings. The first kappa shape index (κ1) is 10.9. The smallest absolute Gasteiger partial charge is 0.211 e. The zero-order valence-electron chi connectivity index (χ0n) is 8.43. The van der Waals surface area contributed by atoms with Gasteiger partial charge in [0, 0.05) is 11.9 Å². The van der Waals surface area contributed by atoms with Crippen molar-refractivity contribution >= 4 is 28.0 Å². The number of carbonyl (C=O) groups is 1. The fourth-order valence-electron chi connectivity index (χ4n) is 1.44. The third kappa shape index (κ3) is 2.70. The summed E-state index contributed by atoms with van der Waals surface area (Å²) in [5.74, 6) is 0. The maximum atomic E-state index is 10.3. The lowest BCUT2D eigenvalue weighted by Gasteiger charge is -2.04. The summed E-state index contributed by atoms with van der Waals surface area (Å²) >= 11 is 3.34. The monoisotopic (exact) mass is 279 g/mol. The molecular weight excluding hydrogens is 270 g/mol. The van der Waals surface area contributed by atoms with Crippen LogP contribution in [-0.2, 0) is 11.3 Å². The molecule has 0 aliphatic heterocycles. The molecule has 1 aromatic heterocycles. The van der Waals surface area contributed by atoms with Gasteiger partial charge in [-0.25, -0.2) is 0 Å². The zero-order valence-corrected chi connectivity index (χ0v) is 10.0. The molecule has 0 spiro atoms. The number of halogens is 1. The molecule has 1 heterocycles. The van der Waals surface area contributed by atoms with Crippen LogP contribution in [0.5, 0.6) is 0 Å². The summed E-state index contributed by atoms with van der Waals surface area (Å²) in [7, 11) is 0. The van der Waals surface area contributed by atoms with Crippen molar-refractivity contribution in [2.24, 2.45) is 0 Å². The molecule has 16 heavy (non-hydrogen) atoms. The maximum absolute atomic E-state index is 10.3. The van der Waals surface area contributed by atoms with Crippen molar-refractivity contribution in [1.82, 2.24) is 9.78 Å². The van der Waals surface area contributed by atoms with Crippen LogP contribution >= 0.6 is 15.9 Å². The zero-order chi connectivity index (χ0) is 11.4. The first-order valence-electron chi connectivity index (χ1n) is 4.75. The molecule has 0 saturated carbocycles.